The van der Waals surface area contributed by atoms with Gasteiger partial charge in [-0.05, 0) is 25.0 Å². The fourth-order valence-electron chi connectivity index (χ4n) is 2.44. The lowest BCUT2D eigenvalue weighted by Crippen LogP contribution is -2.34. The van der Waals surface area contributed by atoms with Crippen molar-refractivity contribution in [2.75, 3.05) is 0 Å². The number of benzene rings is 1. The van der Waals surface area contributed by atoms with E-state index >= 15 is 0 Å². The molecule has 2 aromatic rings. The third-order valence-electron chi connectivity index (χ3n) is 3.85. The number of alkyl halides is 3. The van der Waals surface area contributed by atoms with E-state index < -0.39 is 29.8 Å². The smallest absolute Gasteiger partial charge is 0.348 e. The normalized spacial score (nSPS) is 12.7. The minimum absolute atomic E-state index is 0.269. The van der Waals surface area contributed by atoms with Gasteiger partial charge in [0, 0.05) is 12.3 Å². The van der Waals surface area contributed by atoms with E-state index in [2.05, 4.69) is 5.32 Å². The van der Waals surface area contributed by atoms with Crippen LogP contribution in [0.2, 0.25) is 0 Å². The Morgan fingerprint density at radius 2 is 1.80 bits per heavy atom. The average Bonchev–Trinajstić information content (AvgIpc) is 2.54. The summed E-state index contributed by atoms with van der Waals surface area (Å²) in [5.41, 5.74) is 0.357. The standard InChI is InChI=1S/C18H19F3N2O2/c1-3-15(13-6-4-12(2)5-7-13)22-16(24)11-23-10-14(18(19,20)21)8-9-17(23)25/h4-10,15H,3,11H2,1-2H3,(H,22,24)/t15-/m1/s1. The molecule has 7 heteroatoms. The number of aromatic nitrogens is 1. The molecule has 0 aliphatic rings. The van der Waals surface area contributed by atoms with E-state index in [4.69, 9.17) is 0 Å². The summed E-state index contributed by atoms with van der Waals surface area (Å²) < 4.78 is 39.0. The van der Waals surface area contributed by atoms with Gasteiger partial charge in [0.1, 0.15) is 6.54 Å². The Bertz CT molecular complexity index is 795. The van der Waals surface area contributed by atoms with Gasteiger partial charge in [-0.15, -0.1) is 0 Å². The number of amides is 1. The Balaban J connectivity index is 2.13. The van der Waals surface area contributed by atoms with Gasteiger partial charge < -0.3 is 9.88 Å². The summed E-state index contributed by atoms with van der Waals surface area (Å²) in [4.78, 5) is 23.9. The maximum absolute atomic E-state index is 12.7. The Morgan fingerprint density at radius 3 is 2.36 bits per heavy atom. The second-order valence-corrected chi connectivity index (χ2v) is 5.82. The molecule has 4 nitrogen and oxygen atoms in total. The van der Waals surface area contributed by atoms with E-state index in [-0.39, 0.29) is 6.04 Å². The molecule has 1 aromatic heterocycles. The minimum atomic E-state index is -4.57. The second-order valence-electron chi connectivity index (χ2n) is 5.82. The molecule has 134 valence electrons. The molecule has 25 heavy (non-hydrogen) atoms. The third kappa shape index (κ3) is 4.95. The molecule has 2 rings (SSSR count). The largest absolute Gasteiger partial charge is 0.417 e. The van der Waals surface area contributed by atoms with Gasteiger partial charge in [0.25, 0.3) is 5.56 Å². The van der Waals surface area contributed by atoms with Crippen LogP contribution >= 0.6 is 0 Å². The highest BCUT2D eigenvalue weighted by Crippen LogP contribution is 2.28. The van der Waals surface area contributed by atoms with Crippen molar-refractivity contribution in [3.63, 3.8) is 0 Å². The van der Waals surface area contributed by atoms with Crippen LogP contribution in [0.5, 0.6) is 0 Å². The first-order valence-electron chi connectivity index (χ1n) is 7.84. The number of pyridine rings is 1. The van der Waals surface area contributed by atoms with Crippen LogP contribution < -0.4 is 10.9 Å². The lowest BCUT2D eigenvalue weighted by Gasteiger charge is -2.18. The van der Waals surface area contributed by atoms with E-state index in [1.807, 2.05) is 38.1 Å². The summed E-state index contributed by atoms with van der Waals surface area (Å²) in [6, 6.07) is 8.86. The van der Waals surface area contributed by atoms with E-state index in [0.29, 0.717) is 18.7 Å². The fourth-order valence-corrected chi connectivity index (χ4v) is 2.44. The van der Waals surface area contributed by atoms with Crippen molar-refractivity contribution >= 4 is 5.91 Å². The predicted molar refractivity (Wildman–Crippen MR) is 88.1 cm³/mol. The molecule has 0 saturated heterocycles. The van der Waals surface area contributed by atoms with E-state index in [0.717, 1.165) is 21.8 Å². The van der Waals surface area contributed by atoms with Crippen molar-refractivity contribution in [1.29, 1.82) is 0 Å². The molecule has 1 atom stereocenters. The Morgan fingerprint density at radius 1 is 1.16 bits per heavy atom. The van der Waals surface area contributed by atoms with Crippen LogP contribution in [0.15, 0.2) is 47.4 Å². The van der Waals surface area contributed by atoms with E-state index in [1.165, 1.54) is 0 Å². The highest BCUT2D eigenvalue weighted by molar-refractivity contribution is 5.76. The van der Waals surface area contributed by atoms with Gasteiger partial charge >= 0.3 is 6.18 Å². The first-order valence-corrected chi connectivity index (χ1v) is 7.84. The SMILES string of the molecule is CC[C@@H](NC(=O)Cn1cc(C(F)(F)F)ccc1=O)c1ccc(C)cc1. The maximum atomic E-state index is 12.7. The van der Waals surface area contributed by atoms with Crippen LogP contribution in [0.25, 0.3) is 0 Å². The Hall–Kier alpha value is -2.57. The molecule has 1 heterocycles. The van der Waals surface area contributed by atoms with Gasteiger partial charge in [-0.25, -0.2) is 0 Å². The molecule has 0 aliphatic heterocycles. The highest BCUT2D eigenvalue weighted by Gasteiger charge is 2.31. The first kappa shape index (κ1) is 18.8. The number of carbonyl (C=O) groups is 1. The fraction of sp³-hybridized carbons (Fsp3) is 0.333. The summed E-state index contributed by atoms with van der Waals surface area (Å²) in [6.07, 6.45) is -3.29. The Labute approximate surface area is 143 Å². The summed E-state index contributed by atoms with van der Waals surface area (Å²) in [5, 5.41) is 2.76. The first-order chi connectivity index (χ1) is 11.7. The molecule has 0 bridgehead atoms. The molecule has 0 radical (unpaired) electrons. The zero-order valence-corrected chi connectivity index (χ0v) is 13.9. The van der Waals surface area contributed by atoms with Gasteiger partial charge in [-0.3, -0.25) is 9.59 Å². The zero-order chi connectivity index (χ0) is 18.6. The number of halogens is 3. The molecule has 1 aromatic carbocycles. The van der Waals surface area contributed by atoms with Crippen LogP contribution in [0.4, 0.5) is 13.2 Å². The van der Waals surface area contributed by atoms with Crippen molar-refractivity contribution in [2.45, 2.75) is 39.0 Å². The van der Waals surface area contributed by atoms with Gasteiger partial charge in [0.2, 0.25) is 5.91 Å². The van der Waals surface area contributed by atoms with Crippen molar-refractivity contribution in [1.82, 2.24) is 9.88 Å². The van der Waals surface area contributed by atoms with Crippen LogP contribution in [0, 0.1) is 6.92 Å². The van der Waals surface area contributed by atoms with Crippen LogP contribution in [-0.2, 0) is 17.5 Å². The maximum Gasteiger partial charge on any atom is 0.417 e. The van der Waals surface area contributed by atoms with Gasteiger partial charge in [-0.1, -0.05) is 36.8 Å². The lowest BCUT2D eigenvalue weighted by molar-refractivity contribution is -0.138. The molecule has 0 spiro atoms. The molecule has 1 amide bonds. The topological polar surface area (TPSA) is 51.1 Å². The van der Waals surface area contributed by atoms with E-state index in [1.54, 1.807) is 0 Å². The van der Waals surface area contributed by atoms with Crippen molar-refractivity contribution in [3.05, 3.63) is 69.6 Å². The van der Waals surface area contributed by atoms with Crippen molar-refractivity contribution < 1.29 is 18.0 Å². The summed E-state index contributed by atoms with van der Waals surface area (Å²) in [5.74, 6) is -0.520. The van der Waals surface area contributed by atoms with E-state index in [9.17, 15) is 22.8 Å². The second kappa shape index (κ2) is 7.55. The summed E-state index contributed by atoms with van der Waals surface area (Å²) in [7, 11) is 0. The molecule has 0 unspecified atom stereocenters. The van der Waals surface area contributed by atoms with Gasteiger partial charge in [0.15, 0.2) is 0 Å². The number of carbonyl (C=O) groups excluding carboxylic acids is 1. The molecule has 0 saturated carbocycles. The number of nitrogens with one attached hydrogen (secondary N) is 1. The van der Waals surface area contributed by atoms with Crippen LogP contribution in [-0.4, -0.2) is 10.5 Å². The molecular formula is C18H19F3N2O2. The third-order valence-corrected chi connectivity index (χ3v) is 3.85. The van der Waals surface area contributed by atoms with Gasteiger partial charge in [0.05, 0.1) is 11.6 Å². The minimum Gasteiger partial charge on any atom is -0.348 e. The number of hydrogen-bond donors (Lipinski definition) is 1. The highest BCUT2D eigenvalue weighted by atomic mass is 19.4. The molecular weight excluding hydrogens is 333 g/mol. The van der Waals surface area contributed by atoms with Crippen molar-refractivity contribution in [3.8, 4) is 0 Å². The lowest BCUT2D eigenvalue weighted by atomic mass is 10.0. The molecule has 1 N–H and O–H groups in total. The van der Waals surface area contributed by atoms with Crippen LogP contribution in [0.3, 0.4) is 0 Å². The number of aryl methyl sites for hydroxylation is 1. The average molecular weight is 352 g/mol. The Kier molecular flexibility index (Phi) is 5.66. The predicted octanol–water partition coefficient (Wildman–Crippen LogP) is 3.44. The molecule has 0 aliphatic carbocycles. The molecule has 0 fully saturated rings. The van der Waals surface area contributed by atoms with Gasteiger partial charge in [-0.2, -0.15) is 13.2 Å². The zero-order valence-electron chi connectivity index (χ0n) is 13.9. The number of nitrogens with zero attached hydrogens (tertiary/aromatic N) is 1. The number of rotatable bonds is 5. The summed E-state index contributed by atoms with van der Waals surface area (Å²) >= 11 is 0. The number of hydrogen-bond acceptors (Lipinski definition) is 2. The quantitative estimate of drug-likeness (QED) is 0.896. The summed E-state index contributed by atoms with van der Waals surface area (Å²) in [6.45, 7) is 3.37. The van der Waals surface area contributed by atoms with Crippen molar-refractivity contribution in [2.24, 2.45) is 0 Å². The monoisotopic (exact) mass is 352 g/mol. The van der Waals surface area contributed by atoms with Crippen LogP contribution in [0.1, 0.15) is 36.1 Å².